The van der Waals surface area contributed by atoms with Gasteiger partial charge in [-0.05, 0) is 17.2 Å². The maximum Gasteiger partial charge on any atom is 0.228 e. The summed E-state index contributed by atoms with van der Waals surface area (Å²) in [5, 5.41) is 6.05. The Labute approximate surface area is 150 Å². The monoisotopic (exact) mass is 348 g/mol. The van der Waals surface area contributed by atoms with Gasteiger partial charge in [0.05, 0.1) is 17.8 Å². The maximum absolute atomic E-state index is 13.1. The van der Waals surface area contributed by atoms with Gasteiger partial charge in [-0.3, -0.25) is 4.79 Å². The summed E-state index contributed by atoms with van der Waals surface area (Å²) < 4.78 is 13.1. The third-order valence-corrected chi connectivity index (χ3v) is 4.37. The van der Waals surface area contributed by atoms with Gasteiger partial charge in [0.25, 0.3) is 0 Å². The van der Waals surface area contributed by atoms with E-state index in [9.17, 15) is 9.18 Å². The number of halogens is 1. The van der Waals surface area contributed by atoms with Gasteiger partial charge in [0.15, 0.2) is 0 Å². The number of hydrogen-bond acceptors (Lipinski definition) is 4. The molecule has 1 aliphatic rings. The topological polar surface area (TPSA) is 66.9 Å². The van der Waals surface area contributed by atoms with Crippen LogP contribution in [-0.4, -0.2) is 15.9 Å². The molecule has 2 aromatic carbocycles. The Balaban J connectivity index is 1.65. The molecule has 3 aromatic rings. The van der Waals surface area contributed by atoms with Gasteiger partial charge >= 0.3 is 0 Å². The summed E-state index contributed by atoms with van der Waals surface area (Å²) >= 11 is 0. The third kappa shape index (κ3) is 3.13. The summed E-state index contributed by atoms with van der Waals surface area (Å²) in [6, 6.07) is 14.9. The minimum atomic E-state index is -0.510. The lowest BCUT2D eigenvalue weighted by Gasteiger charge is -2.11. The first-order valence-corrected chi connectivity index (χ1v) is 8.36. The summed E-state index contributed by atoms with van der Waals surface area (Å²) in [4.78, 5) is 21.0. The van der Waals surface area contributed by atoms with Crippen molar-refractivity contribution < 1.29 is 9.18 Å². The number of benzene rings is 2. The SMILES string of the molecule is O=C1Cc2cnc(NCc3ccccc3CF)nc2-c2ccccc2N1. The van der Waals surface area contributed by atoms with Crippen molar-refractivity contribution >= 4 is 17.5 Å². The number of carbonyl (C=O) groups is 1. The van der Waals surface area contributed by atoms with E-state index in [1.54, 1.807) is 12.3 Å². The molecule has 0 saturated carbocycles. The molecule has 4 rings (SSSR count). The number of carbonyl (C=O) groups excluding carboxylic acids is 1. The number of alkyl halides is 1. The summed E-state index contributed by atoms with van der Waals surface area (Å²) in [6.45, 7) is -0.0816. The van der Waals surface area contributed by atoms with Gasteiger partial charge in [-0.15, -0.1) is 0 Å². The molecule has 0 bridgehead atoms. The van der Waals surface area contributed by atoms with Gasteiger partial charge in [-0.1, -0.05) is 42.5 Å². The van der Waals surface area contributed by atoms with E-state index in [0.29, 0.717) is 18.1 Å². The second-order valence-corrected chi connectivity index (χ2v) is 6.09. The van der Waals surface area contributed by atoms with Gasteiger partial charge in [0.2, 0.25) is 11.9 Å². The second kappa shape index (κ2) is 6.92. The minimum absolute atomic E-state index is 0.0858. The molecular formula is C20H17FN4O. The molecule has 0 aliphatic carbocycles. The zero-order valence-electron chi connectivity index (χ0n) is 14.0. The molecule has 0 unspecified atom stereocenters. The average molecular weight is 348 g/mol. The first-order valence-electron chi connectivity index (χ1n) is 8.36. The quantitative estimate of drug-likeness (QED) is 0.754. The largest absolute Gasteiger partial charge is 0.350 e. The summed E-state index contributed by atoms with van der Waals surface area (Å²) in [6.07, 6.45) is 1.91. The fraction of sp³-hybridized carbons (Fsp3) is 0.150. The van der Waals surface area contributed by atoms with Crippen molar-refractivity contribution in [3.05, 3.63) is 71.4 Å². The first-order chi connectivity index (χ1) is 12.7. The second-order valence-electron chi connectivity index (χ2n) is 6.09. The highest BCUT2D eigenvalue weighted by molar-refractivity contribution is 5.99. The summed E-state index contributed by atoms with van der Waals surface area (Å²) in [5.41, 5.74) is 4.63. The third-order valence-electron chi connectivity index (χ3n) is 4.37. The van der Waals surface area contributed by atoms with Gasteiger partial charge < -0.3 is 10.6 Å². The van der Waals surface area contributed by atoms with Crippen LogP contribution in [0.15, 0.2) is 54.7 Å². The van der Waals surface area contributed by atoms with Crippen LogP contribution in [0.5, 0.6) is 0 Å². The highest BCUT2D eigenvalue weighted by atomic mass is 19.1. The molecule has 0 radical (unpaired) electrons. The Hall–Kier alpha value is -3.28. The Morgan fingerprint density at radius 2 is 1.85 bits per heavy atom. The average Bonchev–Trinajstić information content (AvgIpc) is 2.81. The molecule has 5 nitrogen and oxygen atoms in total. The molecule has 0 spiro atoms. The van der Waals surface area contributed by atoms with Crippen molar-refractivity contribution in [2.75, 3.05) is 10.6 Å². The van der Waals surface area contributed by atoms with Crippen molar-refractivity contribution in [3.63, 3.8) is 0 Å². The van der Waals surface area contributed by atoms with E-state index in [0.717, 1.165) is 28.1 Å². The van der Waals surface area contributed by atoms with Crippen LogP contribution in [0.4, 0.5) is 16.0 Å². The Bertz CT molecular complexity index is 974. The number of para-hydroxylation sites is 1. The normalized spacial score (nSPS) is 12.6. The Kier molecular flexibility index (Phi) is 4.31. The molecule has 2 heterocycles. The lowest BCUT2D eigenvalue weighted by molar-refractivity contribution is -0.115. The van der Waals surface area contributed by atoms with E-state index in [1.807, 2.05) is 42.5 Å². The molecule has 0 atom stereocenters. The maximum atomic E-state index is 13.1. The predicted octanol–water partition coefficient (Wildman–Crippen LogP) is 3.72. The fourth-order valence-electron chi connectivity index (χ4n) is 3.06. The Morgan fingerprint density at radius 3 is 2.69 bits per heavy atom. The molecule has 1 aliphatic heterocycles. The Morgan fingerprint density at radius 1 is 1.08 bits per heavy atom. The molecule has 130 valence electrons. The highest BCUT2D eigenvalue weighted by Gasteiger charge is 2.20. The predicted molar refractivity (Wildman–Crippen MR) is 98.4 cm³/mol. The van der Waals surface area contributed by atoms with Crippen molar-refractivity contribution in [2.24, 2.45) is 0 Å². The molecule has 0 fully saturated rings. The summed E-state index contributed by atoms with van der Waals surface area (Å²) in [5.74, 6) is 0.360. The van der Waals surface area contributed by atoms with Crippen molar-refractivity contribution in [1.29, 1.82) is 0 Å². The number of fused-ring (bicyclic) bond motifs is 3. The zero-order valence-corrected chi connectivity index (χ0v) is 14.0. The van der Waals surface area contributed by atoms with E-state index < -0.39 is 6.67 Å². The van der Waals surface area contributed by atoms with E-state index >= 15 is 0 Å². The van der Waals surface area contributed by atoms with Crippen LogP contribution in [-0.2, 0) is 24.4 Å². The van der Waals surface area contributed by atoms with Gasteiger partial charge in [-0.25, -0.2) is 14.4 Å². The van der Waals surface area contributed by atoms with Crippen molar-refractivity contribution in [1.82, 2.24) is 9.97 Å². The smallest absolute Gasteiger partial charge is 0.228 e. The van der Waals surface area contributed by atoms with Gasteiger partial charge in [0, 0.05) is 23.9 Å². The van der Waals surface area contributed by atoms with Crippen LogP contribution in [0.2, 0.25) is 0 Å². The van der Waals surface area contributed by atoms with Crippen LogP contribution in [0.25, 0.3) is 11.3 Å². The van der Waals surface area contributed by atoms with Crippen LogP contribution in [0, 0.1) is 0 Å². The molecule has 1 amide bonds. The van der Waals surface area contributed by atoms with E-state index in [-0.39, 0.29) is 12.3 Å². The number of aromatic nitrogens is 2. The van der Waals surface area contributed by atoms with Crippen molar-refractivity contribution in [2.45, 2.75) is 19.6 Å². The van der Waals surface area contributed by atoms with Crippen LogP contribution in [0.3, 0.4) is 0 Å². The molecular weight excluding hydrogens is 331 g/mol. The first kappa shape index (κ1) is 16.2. The molecule has 0 saturated heterocycles. The molecule has 26 heavy (non-hydrogen) atoms. The van der Waals surface area contributed by atoms with Crippen LogP contribution >= 0.6 is 0 Å². The standard InChI is InChI=1S/C20H17FN4O/c21-10-13-5-1-2-6-14(13)11-22-20-23-12-15-9-18(26)24-17-8-4-3-7-16(17)19(15)25-20/h1-8,12H,9-11H2,(H,24,26)(H,22,23,25). The molecule has 1 aromatic heterocycles. The van der Waals surface area contributed by atoms with Gasteiger partial charge in [-0.2, -0.15) is 0 Å². The molecule has 6 heteroatoms. The van der Waals surface area contributed by atoms with Crippen LogP contribution in [0.1, 0.15) is 16.7 Å². The van der Waals surface area contributed by atoms with Crippen LogP contribution < -0.4 is 10.6 Å². The number of hydrogen-bond donors (Lipinski definition) is 2. The zero-order chi connectivity index (χ0) is 17.9. The fourth-order valence-corrected chi connectivity index (χ4v) is 3.06. The number of anilines is 2. The lowest BCUT2D eigenvalue weighted by Crippen LogP contribution is -2.13. The van der Waals surface area contributed by atoms with Crippen molar-refractivity contribution in [3.8, 4) is 11.3 Å². The molecule has 2 N–H and O–H groups in total. The van der Waals surface area contributed by atoms with E-state index in [4.69, 9.17) is 0 Å². The minimum Gasteiger partial charge on any atom is -0.350 e. The number of nitrogens with one attached hydrogen (secondary N) is 2. The van der Waals surface area contributed by atoms with E-state index in [2.05, 4.69) is 20.6 Å². The number of amides is 1. The van der Waals surface area contributed by atoms with Gasteiger partial charge in [0.1, 0.15) is 6.67 Å². The lowest BCUT2D eigenvalue weighted by atomic mass is 10.1. The van der Waals surface area contributed by atoms with E-state index in [1.165, 1.54) is 0 Å². The summed E-state index contributed by atoms with van der Waals surface area (Å²) in [7, 11) is 0. The number of nitrogens with zero attached hydrogens (tertiary/aromatic N) is 2. The number of rotatable bonds is 4. The highest BCUT2D eigenvalue weighted by Crippen LogP contribution is 2.32.